The maximum Gasteiger partial charge on any atom is 0.240 e. The van der Waals surface area contributed by atoms with Crippen LogP contribution in [0.1, 0.15) is 32.1 Å². The molecule has 0 unspecified atom stereocenters. The van der Waals surface area contributed by atoms with Crippen molar-refractivity contribution in [1.29, 1.82) is 0 Å². The highest BCUT2D eigenvalue weighted by molar-refractivity contribution is 7.89. The van der Waals surface area contributed by atoms with Crippen molar-refractivity contribution < 1.29 is 13.5 Å². The molecular formula is C14H23N3O3S. The normalized spacial score (nSPS) is 16.9. The molecular weight excluding hydrogens is 290 g/mol. The number of primary sulfonamides is 1. The van der Waals surface area contributed by atoms with E-state index in [1.807, 2.05) is 4.90 Å². The summed E-state index contributed by atoms with van der Waals surface area (Å²) in [6.07, 6.45) is 5.43. The lowest BCUT2D eigenvalue weighted by atomic mass is 9.93. The van der Waals surface area contributed by atoms with Gasteiger partial charge in [0.1, 0.15) is 4.90 Å². The first-order chi connectivity index (χ1) is 9.93. The van der Waals surface area contributed by atoms with Crippen LogP contribution in [0, 0.1) is 0 Å². The third-order valence-corrected chi connectivity index (χ3v) is 4.90. The molecule has 21 heavy (non-hydrogen) atoms. The number of benzene rings is 1. The third kappa shape index (κ3) is 3.87. The summed E-state index contributed by atoms with van der Waals surface area (Å²) < 4.78 is 23.7. The number of nitrogens with zero attached hydrogens (tertiary/aromatic N) is 1. The lowest BCUT2D eigenvalue weighted by Gasteiger charge is -2.36. The Kier molecular flexibility index (Phi) is 5.08. The van der Waals surface area contributed by atoms with Crippen LogP contribution in [0.2, 0.25) is 0 Å². The molecule has 0 radical (unpaired) electrons. The molecule has 7 heteroatoms. The van der Waals surface area contributed by atoms with E-state index in [4.69, 9.17) is 10.9 Å². The summed E-state index contributed by atoms with van der Waals surface area (Å²) in [5.41, 5.74) is 6.58. The van der Waals surface area contributed by atoms with Crippen molar-refractivity contribution in [2.45, 2.75) is 43.0 Å². The van der Waals surface area contributed by atoms with Crippen molar-refractivity contribution in [2.75, 3.05) is 23.8 Å². The van der Waals surface area contributed by atoms with Crippen molar-refractivity contribution in [3.05, 3.63) is 18.2 Å². The molecule has 1 aromatic carbocycles. The van der Waals surface area contributed by atoms with E-state index in [0.29, 0.717) is 17.9 Å². The number of hydrogen-bond donors (Lipinski definition) is 3. The Balaban J connectivity index is 2.44. The van der Waals surface area contributed by atoms with E-state index in [1.54, 1.807) is 12.1 Å². The Hall–Kier alpha value is -1.31. The molecule has 6 nitrogen and oxygen atoms in total. The molecule has 0 aromatic heterocycles. The predicted molar refractivity (Wildman–Crippen MR) is 83.5 cm³/mol. The Labute approximate surface area is 125 Å². The van der Waals surface area contributed by atoms with Crippen LogP contribution < -0.4 is 15.8 Å². The monoisotopic (exact) mass is 313 g/mol. The molecule has 0 spiro atoms. The fourth-order valence-corrected chi connectivity index (χ4v) is 3.77. The summed E-state index contributed by atoms with van der Waals surface area (Å²) in [7, 11) is -3.86. The summed E-state index contributed by atoms with van der Waals surface area (Å²) in [5, 5.41) is 14.6. The highest BCUT2D eigenvalue weighted by Gasteiger charge is 2.26. The summed E-state index contributed by atoms with van der Waals surface area (Å²) >= 11 is 0. The standard InChI is InChI=1S/C14H23N3O3S/c15-11-6-7-13(14(10-11)21(16,19)20)17(8-9-18)12-4-2-1-3-5-12/h6-7,10,12,18H,1-5,8-9,15H2,(H2,16,19,20). The number of aliphatic hydroxyl groups is 1. The van der Waals surface area contributed by atoms with Crippen molar-refractivity contribution in [1.82, 2.24) is 0 Å². The quantitative estimate of drug-likeness (QED) is 0.704. The van der Waals surface area contributed by atoms with Crippen LogP contribution in [0.5, 0.6) is 0 Å². The molecule has 0 saturated heterocycles. The number of hydrogen-bond acceptors (Lipinski definition) is 5. The van der Waals surface area contributed by atoms with E-state index in [9.17, 15) is 13.5 Å². The Morgan fingerprint density at radius 2 is 1.90 bits per heavy atom. The zero-order valence-corrected chi connectivity index (χ0v) is 12.8. The highest BCUT2D eigenvalue weighted by atomic mass is 32.2. The molecule has 0 heterocycles. The van der Waals surface area contributed by atoms with E-state index < -0.39 is 10.0 Å². The molecule has 0 atom stereocenters. The van der Waals surface area contributed by atoms with Crippen molar-refractivity contribution in [2.24, 2.45) is 5.14 Å². The van der Waals surface area contributed by atoms with E-state index in [-0.39, 0.29) is 17.5 Å². The minimum absolute atomic E-state index is 0.0292. The molecule has 1 aliphatic carbocycles. The Morgan fingerprint density at radius 1 is 1.24 bits per heavy atom. The lowest BCUT2D eigenvalue weighted by molar-refractivity contribution is 0.289. The highest BCUT2D eigenvalue weighted by Crippen LogP contribution is 2.32. The Morgan fingerprint density at radius 3 is 2.48 bits per heavy atom. The molecule has 1 fully saturated rings. The molecule has 0 aliphatic heterocycles. The fraction of sp³-hybridized carbons (Fsp3) is 0.571. The maximum atomic E-state index is 11.8. The van der Waals surface area contributed by atoms with E-state index in [1.165, 1.54) is 12.5 Å². The molecule has 1 saturated carbocycles. The number of rotatable bonds is 5. The number of aliphatic hydroxyl groups excluding tert-OH is 1. The molecule has 0 bridgehead atoms. The summed E-state index contributed by atoms with van der Waals surface area (Å²) in [6.45, 7) is 0.349. The lowest BCUT2D eigenvalue weighted by Crippen LogP contribution is -2.40. The predicted octanol–water partition coefficient (Wildman–Crippen LogP) is 1.05. The number of nitrogen functional groups attached to an aromatic ring is 1. The summed E-state index contributed by atoms with van der Waals surface area (Å²) in [5.74, 6) is 0. The molecule has 1 aliphatic rings. The largest absolute Gasteiger partial charge is 0.399 e. The second-order valence-corrected chi connectivity index (χ2v) is 7.01. The number of nitrogens with two attached hydrogens (primary N) is 2. The fourth-order valence-electron chi connectivity index (χ4n) is 3.00. The van der Waals surface area contributed by atoms with Crippen LogP contribution in [-0.2, 0) is 10.0 Å². The van der Waals surface area contributed by atoms with Gasteiger partial charge in [0.05, 0.1) is 12.3 Å². The van der Waals surface area contributed by atoms with Gasteiger partial charge < -0.3 is 15.7 Å². The first-order valence-corrected chi connectivity index (χ1v) is 8.78. The van der Waals surface area contributed by atoms with Gasteiger partial charge in [-0.1, -0.05) is 19.3 Å². The van der Waals surface area contributed by atoms with Crippen LogP contribution in [0.3, 0.4) is 0 Å². The van der Waals surface area contributed by atoms with Crippen LogP contribution >= 0.6 is 0 Å². The summed E-state index contributed by atoms with van der Waals surface area (Å²) in [6, 6.07) is 4.96. The first-order valence-electron chi connectivity index (χ1n) is 7.23. The number of sulfonamides is 1. The van der Waals surface area contributed by atoms with Gasteiger partial charge in [0.2, 0.25) is 10.0 Å². The van der Waals surface area contributed by atoms with Gasteiger partial charge in [-0.3, -0.25) is 0 Å². The van der Waals surface area contributed by atoms with Gasteiger partial charge in [-0.15, -0.1) is 0 Å². The second-order valence-electron chi connectivity index (χ2n) is 5.48. The number of anilines is 2. The Bertz CT molecular complexity index is 583. The van der Waals surface area contributed by atoms with Gasteiger partial charge >= 0.3 is 0 Å². The van der Waals surface area contributed by atoms with E-state index >= 15 is 0 Å². The van der Waals surface area contributed by atoms with E-state index in [2.05, 4.69) is 0 Å². The average Bonchev–Trinajstić information content (AvgIpc) is 2.45. The van der Waals surface area contributed by atoms with Gasteiger partial charge in [-0.2, -0.15) is 0 Å². The van der Waals surface area contributed by atoms with Crippen LogP contribution in [0.25, 0.3) is 0 Å². The smallest absolute Gasteiger partial charge is 0.240 e. The third-order valence-electron chi connectivity index (χ3n) is 3.96. The summed E-state index contributed by atoms with van der Waals surface area (Å²) in [4.78, 5) is 1.99. The minimum Gasteiger partial charge on any atom is -0.399 e. The van der Waals surface area contributed by atoms with Gasteiger partial charge in [-0.25, -0.2) is 13.6 Å². The molecule has 2 rings (SSSR count). The van der Waals surface area contributed by atoms with Crippen LogP contribution in [0.15, 0.2) is 23.1 Å². The maximum absolute atomic E-state index is 11.8. The molecule has 5 N–H and O–H groups in total. The second kappa shape index (κ2) is 6.64. The van der Waals surface area contributed by atoms with Crippen molar-refractivity contribution >= 4 is 21.4 Å². The zero-order chi connectivity index (χ0) is 15.5. The van der Waals surface area contributed by atoms with Crippen molar-refractivity contribution in [3.8, 4) is 0 Å². The first kappa shape index (κ1) is 16.1. The van der Waals surface area contributed by atoms with Gasteiger partial charge in [-0.05, 0) is 31.0 Å². The van der Waals surface area contributed by atoms with E-state index in [0.717, 1.165) is 25.7 Å². The van der Waals surface area contributed by atoms with Crippen LogP contribution in [0.4, 0.5) is 11.4 Å². The van der Waals surface area contributed by atoms with Crippen molar-refractivity contribution in [3.63, 3.8) is 0 Å². The molecule has 1 aromatic rings. The topological polar surface area (TPSA) is 110 Å². The minimum atomic E-state index is -3.86. The van der Waals surface area contributed by atoms with Crippen LogP contribution in [-0.4, -0.2) is 32.7 Å². The van der Waals surface area contributed by atoms with Gasteiger partial charge in [0.15, 0.2) is 0 Å². The zero-order valence-electron chi connectivity index (χ0n) is 12.0. The molecule has 0 amide bonds. The van der Waals surface area contributed by atoms with Gasteiger partial charge in [0.25, 0.3) is 0 Å². The average molecular weight is 313 g/mol. The SMILES string of the molecule is Nc1ccc(N(CCO)C2CCCCC2)c(S(N)(=O)=O)c1. The van der Waals surface area contributed by atoms with Gasteiger partial charge in [0, 0.05) is 18.3 Å². The molecule has 118 valence electrons.